The fourth-order valence-electron chi connectivity index (χ4n) is 3.70. The minimum absolute atomic E-state index is 0.134. The van der Waals surface area contributed by atoms with Crippen LogP contribution in [0.5, 0.6) is 17.2 Å². The van der Waals surface area contributed by atoms with Crippen LogP contribution in [0, 0.1) is 0 Å². The van der Waals surface area contributed by atoms with Crippen LogP contribution in [0.3, 0.4) is 0 Å². The predicted molar refractivity (Wildman–Crippen MR) is 154 cm³/mol. The summed E-state index contributed by atoms with van der Waals surface area (Å²) < 4.78 is 14.7. The Kier molecular flexibility index (Phi) is 9.27. The van der Waals surface area contributed by atoms with E-state index >= 15 is 0 Å². The lowest BCUT2D eigenvalue weighted by molar-refractivity contribution is 0.103. The van der Waals surface area contributed by atoms with Crippen LogP contribution in [0.2, 0.25) is 0 Å². The number of carbonyl (C=O) groups is 2. The molecule has 5 aromatic rings. The maximum atomic E-state index is 12.4. The van der Waals surface area contributed by atoms with Crippen molar-refractivity contribution in [2.24, 2.45) is 0 Å². The van der Waals surface area contributed by atoms with Gasteiger partial charge in [-0.3, -0.25) is 10.1 Å². The third-order valence-corrected chi connectivity index (χ3v) is 6.61. The number of H-pyrrole nitrogens is 1. The molecule has 0 atom stereocenters. The molecule has 9 nitrogen and oxygen atoms in total. The first-order valence-electron chi connectivity index (χ1n) is 12.0. The molecule has 0 aliphatic rings. The highest BCUT2D eigenvalue weighted by Gasteiger charge is 2.20. The molecular weight excluding hydrogens is 530 g/mol. The van der Waals surface area contributed by atoms with Gasteiger partial charge in [-0.15, -0.1) is 0 Å². The number of methoxy groups -OCH3 is 3. The number of fused-ring (bicyclic) bond motifs is 1. The Bertz CT molecular complexity index is 1610. The number of ether oxygens (including phenoxy) is 3. The summed E-state index contributed by atoms with van der Waals surface area (Å²) in [5.74, 6) is 0.631. The number of hydrogen-bond acceptors (Lipinski definition) is 8. The maximum Gasteiger partial charge on any atom is 0.413 e. The number of phenolic OH excluding ortho intramolecular Hbond substituents is 1. The van der Waals surface area contributed by atoms with Crippen molar-refractivity contribution in [2.45, 2.75) is 9.79 Å². The van der Waals surface area contributed by atoms with Gasteiger partial charge in [-0.1, -0.05) is 60.3 Å². The van der Waals surface area contributed by atoms with Gasteiger partial charge >= 0.3 is 6.09 Å². The molecule has 0 saturated carbocycles. The molecule has 0 unspecified atom stereocenters. The maximum absolute atomic E-state index is 12.4. The number of nitrogens with zero attached hydrogens (tertiary/aromatic N) is 1. The third kappa shape index (κ3) is 6.91. The van der Waals surface area contributed by atoms with E-state index in [9.17, 15) is 14.7 Å². The topological polar surface area (TPSA) is 123 Å². The second-order valence-corrected chi connectivity index (χ2v) is 9.36. The molecule has 0 saturated heterocycles. The van der Waals surface area contributed by atoms with Crippen LogP contribution in [0.25, 0.3) is 11.0 Å². The molecule has 0 spiro atoms. The first-order valence-corrected chi connectivity index (χ1v) is 12.9. The van der Waals surface area contributed by atoms with E-state index in [1.54, 1.807) is 42.1 Å². The number of phenols is 1. The first kappa shape index (κ1) is 28.1. The number of rotatable bonds is 7. The van der Waals surface area contributed by atoms with E-state index < -0.39 is 6.09 Å². The molecule has 4 aromatic carbocycles. The Morgan fingerprint density at radius 1 is 0.850 bits per heavy atom. The number of carbonyl (C=O) groups excluding carboxylic acids is 2. The summed E-state index contributed by atoms with van der Waals surface area (Å²) in [6, 6.07) is 27.7. The molecule has 3 N–H and O–H groups in total. The molecular formula is C30H27N3O6S. The standard InChI is InChI=1S/C15H13N3O2S.C15H14O4/c1-20-15(19)18-14-16-12-8-7-11(9-13(12)17-14)21-10-5-3-2-4-6-10;1-18-11-8-12(16)14(13(9-11)19-2)15(17)10-6-4-3-5-7-10/h2-9H,1H3,(H2,16,17,18,19);3-9,16H,1-2H3. The van der Waals surface area contributed by atoms with Crippen LogP contribution in [0.4, 0.5) is 10.7 Å². The third-order valence-electron chi connectivity index (χ3n) is 5.61. The number of nitrogens with one attached hydrogen (secondary N) is 2. The minimum Gasteiger partial charge on any atom is -0.507 e. The van der Waals surface area contributed by atoms with Crippen molar-refractivity contribution in [1.82, 2.24) is 9.97 Å². The number of benzene rings is 4. The quantitative estimate of drug-likeness (QED) is 0.193. The monoisotopic (exact) mass is 557 g/mol. The first-order chi connectivity index (χ1) is 19.4. The van der Waals surface area contributed by atoms with Gasteiger partial charge in [0.15, 0.2) is 0 Å². The molecule has 1 amide bonds. The Morgan fingerprint density at radius 2 is 1.55 bits per heavy atom. The molecule has 40 heavy (non-hydrogen) atoms. The summed E-state index contributed by atoms with van der Waals surface area (Å²) in [6.07, 6.45) is -0.548. The summed E-state index contributed by atoms with van der Waals surface area (Å²) >= 11 is 1.67. The van der Waals surface area contributed by atoms with Crippen molar-refractivity contribution in [3.63, 3.8) is 0 Å². The predicted octanol–water partition coefficient (Wildman–Crippen LogP) is 6.53. The van der Waals surface area contributed by atoms with Crippen LogP contribution in [0.1, 0.15) is 15.9 Å². The van der Waals surface area contributed by atoms with Crippen LogP contribution >= 0.6 is 11.8 Å². The van der Waals surface area contributed by atoms with Crippen LogP contribution in [-0.2, 0) is 4.74 Å². The normalized spacial score (nSPS) is 10.3. The van der Waals surface area contributed by atoms with Gasteiger partial charge in [0.25, 0.3) is 0 Å². The molecule has 0 radical (unpaired) electrons. The number of amides is 1. The Labute approximate surface area is 235 Å². The van der Waals surface area contributed by atoms with Gasteiger partial charge in [0.2, 0.25) is 11.7 Å². The summed E-state index contributed by atoms with van der Waals surface area (Å²) in [6.45, 7) is 0. The highest BCUT2D eigenvalue weighted by molar-refractivity contribution is 7.99. The number of aromatic hydroxyl groups is 1. The molecule has 0 bridgehead atoms. The molecule has 1 heterocycles. The average Bonchev–Trinajstić information content (AvgIpc) is 3.39. The van der Waals surface area contributed by atoms with Crippen molar-refractivity contribution in [3.8, 4) is 17.2 Å². The van der Waals surface area contributed by atoms with Gasteiger partial charge in [-0.05, 0) is 30.3 Å². The number of hydrogen-bond donors (Lipinski definition) is 3. The van der Waals surface area contributed by atoms with Crippen molar-refractivity contribution >= 4 is 40.6 Å². The van der Waals surface area contributed by atoms with Crippen LogP contribution in [0.15, 0.2) is 101 Å². The van der Waals surface area contributed by atoms with Gasteiger partial charge in [0, 0.05) is 27.5 Å². The van der Waals surface area contributed by atoms with E-state index in [1.807, 2.05) is 42.5 Å². The number of ketones is 1. The molecule has 0 fully saturated rings. The van der Waals surface area contributed by atoms with E-state index in [0.717, 1.165) is 15.9 Å². The highest BCUT2D eigenvalue weighted by atomic mass is 32.2. The van der Waals surface area contributed by atoms with E-state index in [1.165, 1.54) is 32.3 Å². The zero-order chi connectivity index (χ0) is 28.5. The number of anilines is 1. The Hall–Kier alpha value is -4.96. The largest absolute Gasteiger partial charge is 0.507 e. The fourth-order valence-corrected chi connectivity index (χ4v) is 4.58. The van der Waals surface area contributed by atoms with Crippen molar-refractivity contribution in [2.75, 3.05) is 26.6 Å². The second-order valence-electron chi connectivity index (χ2n) is 8.21. The van der Waals surface area contributed by atoms with Gasteiger partial charge in [0.1, 0.15) is 22.8 Å². The van der Waals surface area contributed by atoms with Gasteiger partial charge in [0.05, 0.1) is 32.4 Å². The van der Waals surface area contributed by atoms with Crippen LogP contribution in [-0.4, -0.2) is 48.3 Å². The Morgan fingerprint density at radius 3 is 2.20 bits per heavy atom. The lowest BCUT2D eigenvalue weighted by Gasteiger charge is -2.11. The van der Waals surface area contributed by atoms with E-state index in [0.29, 0.717) is 17.3 Å². The second kappa shape index (κ2) is 13.2. The Balaban J connectivity index is 0.000000186. The lowest BCUT2D eigenvalue weighted by atomic mass is 10.0. The molecule has 10 heteroatoms. The number of aromatic amines is 1. The molecule has 0 aliphatic heterocycles. The molecule has 0 aliphatic carbocycles. The molecule has 1 aromatic heterocycles. The SMILES string of the molecule is COC(=O)Nc1nc2ccc(Sc3ccccc3)cc2[nH]1.COc1cc(O)c(C(=O)c2ccccc2)c(OC)c1. The van der Waals surface area contributed by atoms with E-state index in [2.05, 4.69) is 32.2 Å². The van der Waals surface area contributed by atoms with Crippen molar-refractivity contribution in [1.29, 1.82) is 0 Å². The summed E-state index contributed by atoms with van der Waals surface area (Å²) in [5.41, 5.74) is 2.27. The lowest BCUT2D eigenvalue weighted by Crippen LogP contribution is -2.11. The minimum atomic E-state index is -0.548. The summed E-state index contributed by atoms with van der Waals surface area (Å²) in [7, 11) is 4.23. The fraction of sp³-hybridized carbons (Fsp3) is 0.100. The zero-order valence-electron chi connectivity index (χ0n) is 22.0. The smallest absolute Gasteiger partial charge is 0.413 e. The van der Waals surface area contributed by atoms with Gasteiger partial charge in [-0.25, -0.2) is 9.78 Å². The number of aromatic nitrogens is 2. The molecule has 204 valence electrons. The van der Waals surface area contributed by atoms with Crippen LogP contribution < -0.4 is 14.8 Å². The van der Waals surface area contributed by atoms with Crippen molar-refractivity contribution < 1.29 is 28.9 Å². The van der Waals surface area contributed by atoms with Gasteiger partial charge in [-0.2, -0.15) is 0 Å². The van der Waals surface area contributed by atoms with Crippen molar-refractivity contribution in [3.05, 3.63) is 102 Å². The molecule has 5 rings (SSSR count). The van der Waals surface area contributed by atoms with Gasteiger partial charge < -0.3 is 24.3 Å². The summed E-state index contributed by atoms with van der Waals surface area (Å²) in [5, 5.41) is 12.5. The van der Waals surface area contributed by atoms with E-state index in [-0.39, 0.29) is 22.8 Å². The number of imidazole rings is 1. The highest BCUT2D eigenvalue weighted by Crippen LogP contribution is 2.35. The average molecular weight is 558 g/mol. The van der Waals surface area contributed by atoms with E-state index in [4.69, 9.17) is 9.47 Å². The summed E-state index contributed by atoms with van der Waals surface area (Å²) in [4.78, 5) is 33.1. The zero-order valence-corrected chi connectivity index (χ0v) is 22.8.